The van der Waals surface area contributed by atoms with Crippen LogP contribution in [0.5, 0.6) is 0 Å². The monoisotopic (exact) mass is 332 g/mol. The predicted molar refractivity (Wildman–Crippen MR) is 79.8 cm³/mol. The molecule has 3 fully saturated rings. The van der Waals surface area contributed by atoms with E-state index >= 15 is 0 Å². The minimum Gasteiger partial charge on any atom is -0.381 e. The van der Waals surface area contributed by atoms with E-state index < -0.39 is 10.0 Å². The highest BCUT2D eigenvalue weighted by atomic mass is 32.2. The molecule has 2 atom stereocenters. The van der Waals surface area contributed by atoms with Crippen LogP contribution < -0.4 is 0 Å². The maximum absolute atomic E-state index is 12.6. The summed E-state index contributed by atoms with van der Waals surface area (Å²) in [6.07, 6.45) is 2.74. The number of amides is 1. The van der Waals surface area contributed by atoms with Crippen LogP contribution in [-0.4, -0.2) is 81.9 Å². The van der Waals surface area contributed by atoms with Crippen LogP contribution in [0.1, 0.15) is 12.8 Å². The van der Waals surface area contributed by atoms with E-state index in [-0.39, 0.29) is 23.8 Å². The van der Waals surface area contributed by atoms with Crippen LogP contribution in [0.4, 0.5) is 0 Å². The molecule has 3 saturated heterocycles. The fourth-order valence-corrected chi connectivity index (χ4v) is 4.42. The Bertz CT molecular complexity index is 517. The first kappa shape index (κ1) is 16.2. The fourth-order valence-electron chi connectivity index (χ4n) is 3.55. The molecular weight excluding hydrogens is 308 g/mol. The molecule has 0 N–H and O–H groups in total. The van der Waals surface area contributed by atoms with Gasteiger partial charge in [-0.25, -0.2) is 8.42 Å². The third kappa shape index (κ3) is 3.45. The van der Waals surface area contributed by atoms with E-state index in [2.05, 4.69) is 0 Å². The van der Waals surface area contributed by atoms with Gasteiger partial charge in [0.25, 0.3) is 0 Å². The van der Waals surface area contributed by atoms with Crippen molar-refractivity contribution in [2.24, 2.45) is 11.8 Å². The van der Waals surface area contributed by atoms with Crippen molar-refractivity contribution in [1.29, 1.82) is 0 Å². The molecule has 0 aromatic carbocycles. The number of carbonyl (C=O) groups is 1. The van der Waals surface area contributed by atoms with Gasteiger partial charge < -0.3 is 14.4 Å². The molecule has 3 aliphatic rings. The quantitative estimate of drug-likeness (QED) is 0.683. The molecule has 0 unspecified atom stereocenters. The Morgan fingerprint density at radius 3 is 2.50 bits per heavy atom. The Hall–Kier alpha value is -0.700. The fraction of sp³-hybridized carbons (Fsp3) is 0.929. The summed E-state index contributed by atoms with van der Waals surface area (Å²) in [5.74, 6) is 0.286. The molecule has 0 bridgehead atoms. The lowest BCUT2D eigenvalue weighted by atomic mass is 9.99. The number of sulfonamides is 1. The molecule has 0 aromatic rings. The molecule has 22 heavy (non-hydrogen) atoms. The van der Waals surface area contributed by atoms with Gasteiger partial charge in [-0.3, -0.25) is 4.79 Å². The number of fused-ring (bicyclic) bond motifs is 1. The van der Waals surface area contributed by atoms with Gasteiger partial charge in [-0.2, -0.15) is 4.31 Å². The van der Waals surface area contributed by atoms with Crippen LogP contribution >= 0.6 is 0 Å². The molecule has 0 aliphatic carbocycles. The van der Waals surface area contributed by atoms with Gasteiger partial charge in [-0.05, 0) is 12.8 Å². The topological polar surface area (TPSA) is 76.2 Å². The van der Waals surface area contributed by atoms with E-state index in [1.165, 1.54) is 10.6 Å². The largest absolute Gasteiger partial charge is 0.381 e. The van der Waals surface area contributed by atoms with E-state index in [4.69, 9.17) is 9.47 Å². The normalized spacial score (nSPS) is 31.8. The van der Waals surface area contributed by atoms with Crippen molar-refractivity contribution < 1.29 is 22.7 Å². The smallest absolute Gasteiger partial charge is 0.225 e. The maximum atomic E-state index is 12.6. The second-order valence-electron chi connectivity index (χ2n) is 6.42. The van der Waals surface area contributed by atoms with Crippen LogP contribution in [-0.2, 0) is 24.3 Å². The summed E-state index contributed by atoms with van der Waals surface area (Å²) in [5.41, 5.74) is 0. The van der Waals surface area contributed by atoms with Crippen molar-refractivity contribution >= 4 is 15.9 Å². The number of likely N-dealkylation sites (tertiary alicyclic amines) is 1. The summed E-state index contributed by atoms with van der Waals surface area (Å²) >= 11 is 0. The van der Waals surface area contributed by atoms with Crippen molar-refractivity contribution in [3.05, 3.63) is 0 Å². The molecular formula is C14H24N2O5S. The standard InChI is InChI=1S/C14H24N2O5S/c1-22(18,19)16-4-7-21-13-10-15(8-12(13)9-16)14(17)11-2-5-20-6-3-11/h11-13H,2-10H2,1H3/t12-,13-/m0/s1. The van der Waals surface area contributed by atoms with Crippen LogP contribution in [0.25, 0.3) is 0 Å². The Labute approximate surface area is 131 Å². The van der Waals surface area contributed by atoms with Crippen molar-refractivity contribution in [1.82, 2.24) is 9.21 Å². The average Bonchev–Trinajstić information content (AvgIpc) is 2.78. The van der Waals surface area contributed by atoms with E-state index in [1.54, 1.807) is 0 Å². The maximum Gasteiger partial charge on any atom is 0.225 e. The summed E-state index contributed by atoms with van der Waals surface area (Å²) in [5, 5.41) is 0. The first-order valence-corrected chi connectivity index (χ1v) is 9.73. The second kappa shape index (κ2) is 6.43. The van der Waals surface area contributed by atoms with Crippen LogP contribution in [0, 0.1) is 11.8 Å². The molecule has 8 heteroatoms. The molecule has 0 spiro atoms. The third-order valence-corrected chi connectivity index (χ3v) is 6.11. The zero-order valence-electron chi connectivity index (χ0n) is 12.9. The summed E-state index contributed by atoms with van der Waals surface area (Å²) in [4.78, 5) is 14.4. The lowest BCUT2D eigenvalue weighted by Crippen LogP contribution is -2.39. The lowest BCUT2D eigenvalue weighted by Gasteiger charge is -2.27. The third-order valence-electron chi connectivity index (χ3n) is 4.84. The molecule has 3 aliphatic heterocycles. The van der Waals surface area contributed by atoms with Gasteiger partial charge in [0.1, 0.15) is 0 Å². The first-order chi connectivity index (χ1) is 10.4. The molecule has 0 radical (unpaired) electrons. The van der Waals surface area contributed by atoms with Crippen LogP contribution in [0.15, 0.2) is 0 Å². The molecule has 3 heterocycles. The Morgan fingerprint density at radius 1 is 1.09 bits per heavy atom. The number of ether oxygens (including phenoxy) is 2. The summed E-state index contributed by atoms with van der Waals surface area (Å²) in [6.45, 7) is 3.71. The van der Waals surface area contributed by atoms with Crippen LogP contribution in [0.3, 0.4) is 0 Å². The number of hydrogen-bond donors (Lipinski definition) is 0. The molecule has 126 valence electrons. The Morgan fingerprint density at radius 2 is 1.82 bits per heavy atom. The summed E-state index contributed by atoms with van der Waals surface area (Å²) in [6, 6.07) is 0. The van der Waals surface area contributed by atoms with E-state index in [0.29, 0.717) is 46.0 Å². The van der Waals surface area contributed by atoms with Gasteiger partial charge in [0.05, 0.1) is 19.0 Å². The summed E-state index contributed by atoms with van der Waals surface area (Å²) < 4.78 is 36.1. The Kier molecular flexibility index (Phi) is 4.72. The lowest BCUT2D eigenvalue weighted by molar-refractivity contribution is -0.138. The minimum absolute atomic E-state index is 0.0436. The van der Waals surface area contributed by atoms with Gasteiger partial charge in [-0.1, -0.05) is 0 Å². The van der Waals surface area contributed by atoms with Gasteiger partial charge in [0, 0.05) is 51.2 Å². The SMILES string of the molecule is CS(=O)(=O)N1CCO[C@H]2CN(C(=O)C3CCOCC3)C[C@H]2C1. The highest BCUT2D eigenvalue weighted by molar-refractivity contribution is 7.88. The van der Waals surface area contributed by atoms with Gasteiger partial charge >= 0.3 is 0 Å². The van der Waals surface area contributed by atoms with E-state index in [9.17, 15) is 13.2 Å². The van der Waals surface area contributed by atoms with Gasteiger partial charge in [0.15, 0.2) is 0 Å². The minimum atomic E-state index is -3.21. The molecule has 0 saturated carbocycles. The van der Waals surface area contributed by atoms with Crippen molar-refractivity contribution in [2.45, 2.75) is 18.9 Å². The zero-order valence-corrected chi connectivity index (χ0v) is 13.8. The van der Waals surface area contributed by atoms with E-state index in [0.717, 1.165) is 12.8 Å². The highest BCUT2D eigenvalue weighted by Gasteiger charge is 2.41. The highest BCUT2D eigenvalue weighted by Crippen LogP contribution is 2.27. The molecule has 0 aromatic heterocycles. The number of hydrogen-bond acceptors (Lipinski definition) is 5. The van der Waals surface area contributed by atoms with Gasteiger partial charge in [-0.15, -0.1) is 0 Å². The van der Waals surface area contributed by atoms with Crippen LogP contribution in [0.2, 0.25) is 0 Å². The summed E-state index contributed by atoms with van der Waals surface area (Å²) in [7, 11) is -3.21. The molecule has 3 rings (SSSR count). The average molecular weight is 332 g/mol. The van der Waals surface area contributed by atoms with Crippen molar-refractivity contribution in [3.63, 3.8) is 0 Å². The Balaban J connectivity index is 1.64. The van der Waals surface area contributed by atoms with Gasteiger partial charge in [0.2, 0.25) is 15.9 Å². The number of rotatable bonds is 2. The van der Waals surface area contributed by atoms with E-state index in [1.807, 2.05) is 4.90 Å². The molecule has 7 nitrogen and oxygen atoms in total. The van der Waals surface area contributed by atoms with Crippen molar-refractivity contribution in [2.75, 3.05) is 52.3 Å². The zero-order chi connectivity index (χ0) is 15.7. The first-order valence-electron chi connectivity index (χ1n) is 7.88. The van der Waals surface area contributed by atoms with Crippen molar-refractivity contribution in [3.8, 4) is 0 Å². The second-order valence-corrected chi connectivity index (χ2v) is 8.40. The molecule has 1 amide bonds. The predicted octanol–water partition coefficient (Wildman–Crippen LogP) is -0.468. The number of nitrogens with zero attached hydrogens (tertiary/aromatic N) is 2. The number of carbonyl (C=O) groups excluding carboxylic acids is 1.